The van der Waals surface area contributed by atoms with Gasteiger partial charge >= 0.3 is 0 Å². The predicted molar refractivity (Wildman–Crippen MR) is 65.0 cm³/mol. The topological polar surface area (TPSA) is 42.0 Å². The molecular formula is C11H14F2N2OS. The number of anilines is 1. The second-order valence-electron chi connectivity index (χ2n) is 4.42. The molecule has 94 valence electrons. The van der Waals surface area contributed by atoms with Crippen molar-refractivity contribution in [2.75, 3.05) is 11.1 Å². The van der Waals surface area contributed by atoms with E-state index in [1.807, 2.05) is 20.8 Å². The fourth-order valence-electron chi connectivity index (χ4n) is 0.974. The summed E-state index contributed by atoms with van der Waals surface area (Å²) in [5.74, 6) is -2.05. The zero-order valence-corrected chi connectivity index (χ0v) is 10.7. The smallest absolute Gasteiger partial charge is 0.239 e. The Kier molecular flexibility index (Phi) is 4.45. The Bertz CT molecular complexity index is 418. The van der Waals surface area contributed by atoms with E-state index in [9.17, 15) is 13.6 Å². The van der Waals surface area contributed by atoms with Gasteiger partial charge < -0.3 is 5.32 Å². The fraction of sp³-hybridized carbons (Fsp3) is 0.455. The van der Waals surface area contributed by atoms with Gasteiger partial charge in [-0.3, -0.25) is 4.79 Å². The normalized spacial score (nSPS) is 11.4. The Balaban J connectivity index is 2.57. The number of pyridine rings is 1. The maximum atomic E-state index is 13.1. The summed E-state index contributed by atoms with van der Waals surface area (Å²) in [5, 5.41) is 2.35. The molecule has 0 fully saturated rings. The van der Waals surface area contributed by atoms with E-state index in [-0.39, 0.29) is 22.1 Å². The quantitative estimate of drug-likeness (QED) is 0.850. The highest BCUT2D eigenvalue weighted by Gasteiger charge is 2.14. The molecule has 0 saturated carbocycles. The van der Waals surface area contributed by atoms with Gasteiger partial charge in [-0.05, 0) is 12.1 Å². The molecule has 1 amide bonds. The van der Waals surface area contributed by atoms with Crippen LogP contribution in [0.4, 0.5) is 14.5 Å². The van der Waals surface area contributed by atoms with E-state index < -0.39 is 11.9 Å². The van der Waals surface area contributed by atoms with E-state index in [2.05, 4.69) is 10.3 Å². The van der Waals surface area contributed by atoms with Gasteiger partial charge in [0.25, 0.3) is 0 Å². The van der Waals surface area contributed by atoms with E-state index >= 15 is 0 Å². The van der Waals surface area contributed by atoms with E-state index in [0.29, 0.717) is 0 Å². The van der Waals surface area contributed by atoms with Crippen molar-refractivity contribution >= 4 is 23.4 Å². The molecule has 3 nitrogen and oxygen atoms in total. The summed E-state index contributed by atoms with van der Waals surface area (Å²) >= 11 is 1.44. The first-order valence-electron chi connectivity index (χ1n) is 5.04. The van der Waals surface area contributed by atoms with Crippen molar-refractivity contribution in [3.8, 4) is 0 Å². The summed E-state index contributed by atoms with van der Waals surface area (Å²) in [5.41, 5.74) is -0.106. The lowest BCUT2D eigenvalue weighted by atomic mass is 10.3. The van der Waals surface area contributed by atoms with Gasteiger partial charge in [-0.25, -0.2) is 0 Å². The van der Waals surface area contributed by atoms with E-state index in [0.717, 1.165) is 12.1 Å². The van der Waals surface area contributed by atoms with Gasteiger partial charge in [-0.15, -0.1) is 11.8 Å². The summed E-state index contributed by atoms with van der Waals surface area (Å²) in [6.07, 6.45) is 0. The number of hydrogen-bond donors (Lipinski definition) is 1. The third-order valence-electron chi connectivity index (χ3n) is 1.73. The number of aromatic nitrogens is 1. The van der Waals surface area contributed by atoms with Crippen LogP contribution < -0.4 is 5.32 Å². The average molecular weight is 260 g/mol. The molecule has 0 saturated heterocycles. The van der Waals surface area contributed by atoms with Crippen LogP contribution in [0.2, 0.25) is 0 Å². The molecule has 0 aliphatic carbocycles. The molecule has 1 aromatic heterocycles. The highest BCUT2D eigenvalue weighted by molar-refractivity contribution is 8.01. The van der Waals surface area contributed by atoms with E-state index in [1.165, 1.54) is 11.8 Å². The molecule has 1 heterocycles. The third kappa shape index (κ3) is 5.12. The standard InChI is InChI=1S/C11H14F2N2OS/c1-11(2,3)17-6-9(16)14-7-4-5-8(12)15-10(7)13/h4-5H,6H2,1-3H3,(H,14,16). The van der Waals surface area contributed by atoms with Gasteiger partial charge in [-0.1, -0.05) is 20.8 Å². The van der Waals surface area contributed by atoms with Crippen LogP contribution in [0.5, 0.6) is 0 Å². The largest absolute Gasteiger partial charge is 0.322 e. The monoisotopic (exact) mass is 260 g/mol. The van der Waals surface area contributed by atoms with Crippen LogP contribution in [0.3, 0.4) is 0 Å². The molecule has 0 aliphatic rings. The summed E-state index contributed by atoms with van der Waals surface area (Å²) < 4.78 is 25.6. The number of nitrogens with one attached hydrogen (secondary N) is 1. The van der Waals surface area contributed by atoms with Crippen LogP contribution in [-0.4, -0.2) is 21.4 Å². The first-order valence-corrected chi connectivity index (χ1v) is 6.02. The Hall–Kier alpha value is -1.17. The van der Waals surface area contributed by atoms with Crippen LogP contribution in [0.1, 0.15) is 20.8 Å². The SMILES string of the molecule is CC(C)(C)SCC(=O)Nc1ccc(F)nc1F. The zero-order chi connectivity index (χ0) is 13.1. The highest BCUT2D eigenvalue weighted by atomic mass is 32.2. The van der Waals surface area contributed by atoms with Crippen LogP contribution in [0.25, 0.3) is 0 Å². The molecule has 1 aromatic rings. The second-order valence-corrected chi connectivity index (χ2v) is 6.22. The van der Waals surface area contributed by atoms with Crippen molar-refractivity contribution in [3.63, 3.8) is 0 Å². The second kappa shape index (κ2) is 5.44. The van der Waals surface area contributed by atoms with Crippen LogP contribution in [0, 0.1) is 11.9 Å². The zero-order valence-electron chi connectivity index (χ0n) is 9.88. The van der Waals surface area contributed by atoms with Gasteiger partial charge in [0, 0.05) is 4.75 Å². The number of nitrogens with zero attached hydrogens (tertiary/aromatic N) is 1. The van der Waals surface area contributed by atoms with Gasteiger partial charge in [-0.2, -0.15) is 13.8 Å². The van der Waals surface area contributed by atoms with Gasteiger partial charge in [0.2, 0.25) is 17.8 Å². The molecule has 0 spiro atoms. The summed E-state index contributed by atoms with van der Waals surface area (Å²) in [6.45, 7) is 5.93. The van der Waals surface area contributed by atoms with Gasteiger partial charge in [0.1, 0.15) is 0 Å². The van der Waals surface area contributed by atoms with Crippen molar-refractivity contribution in [2.45, 2.75) is 25.5 Å². The molecule has 17 heavy (non-hydrogen) atoms. The maximum absolute atomic E-state index is 13.1. The number of carbonyl (C=O) groups excluding carboxylic acids is 1. The Labute approximate surface area is 103 Å². The first-order chi connectivity index (χ1) is 7.78. The van der Waals surface area contributed by atoms with E-state index in [4.69, 9.17) is 0 Å². The molecule has 1 rings (SSSR count). The van der Waals surface area contributed by atoms with E-state index in [1.54, 1.807) is 0 Å². The van der Waals surface area contributed by atoms with Gasteiger partial charge in [0.15, 0.2) is 0 Å². The molecule has 0 aliphatic heterocycles. The molecule has 0 radical (unpaired) electrons. The Morgan fingerprint density at radius 3 is 2.59 bits per heavy atom. The average Bonchev–Trinajstić information content (AvgIpc) is 2.18. The Morgan fingerprint density at radius 2 is 2.06 bits per heavy atom. The highest BCUT2D eigenvalue weighted by Crippen LogP contribution is 2.23. The summed E-state index contributed by atoms with van der Waals surface area (Å²) in [6, 6.07) is 2.15. The first kappa shape index (κ1) is 13.9. The molecule has 6 heteroatoms. The van der Waals surface area contributed by atoms with Crippen molar-refractivity contribution < 1.29 is 13.6 Å². The minimum Gasteiger partial charge on any atom is -0.322 e. The predicted octanol–water partition coefficient (Wildman–Crippen LogP) is 2.83. The minimum absolute atomic E-state index is 0.0447. The Morgan fingerprint density at radius 1 is 1.41 bits per heavy atom. The third-order valence-corrected chi connectivity index (χ3v) is 3.00. The molecule has 1 N–H and O–H groups in total. The van der Waals surface area contributed by atoms with Crippen molar-refractivity contribution in [2.24, 2.45) is 0 Å². The van der Waals surface area contributed by atoms with Crippen molar-refractivity contribution in [3.05, 3.63) is 24.0 Å². The maximum Gasteiger partial charge on any atom is 0.239 e. The molecule has 0 bridgehead atoms. The summed E-state index contributed by atoms with van der Waals surface area (Å²) in [4.78, 5) is 14.5. The van der Waals surface area contributed by atoms with Crippen LogP contribution >= 0.6 is 11.8 Å². The summed E-state index contributed by atoms with van der Waals surface area (Å²) in [7, 11) is 0. The van der Waals surface area contributed by atoms with Crippen molar-refractivity contribution in [1.29, 1.82) is 0 Å². The van der Waals surface area contributed by atoms with Crippen molar-refractivity contribution in [1.82, 2.24) is 4.98 Å². The number of hydrogen-bond acceptors (Lipinski definition) is 3. The molecule has 0 aromatic carbocycles. The number of thioether (sulfide) groups is 1. The lowest BCUT2D eigenvalue weighted by Gasteiger charge is -2.16. The van der Waals surface area contributed by atoms with Gasteiger partial charge in [0.05, 0.1) is 11.4 Å². The molecule has 0 unspecified atom stereocenters. The lowest BCUT2D eigenvalue weighted by Crippen LogP contribution is -2.19. The number of carbonyl (C=O) groups is 1. The number of halogens is 2. The fourth-order valence-corrected chi connectivity index (χ4v) is 1.61. The number of rotatable bonds is 3. The minimum atomic E-state index is -1.01. The molecular weight excluding hydrogens is 246 g/mol. The lowest BCUT2D eigenvalue weighted by molar-refractivity contribution is -0.113. The van der Waals surface area contributed by atoms with Crippen LogP contribution in [0.15, 0.2) is 12.1 Å². The number of amides is 1. The molecule has 0 atom stereocenters. The van der Waals surface area contributed by atoms with Crippen LogP contribution in [-0.2, 0) is 4.79 Å².